The summed E-state index contributed by atoms with van der Waals surface area (Å²) >= 11 is 0. The van der Waals surface area contributed by atoms with Gasteiger partial charge in [-0.25, -0.2) is 18.2 Å². The number of aromatic nitrogens is 1. The normalized spacial score (nSPS) is 15.2. The summed E-state index contributed by atoms with van der Waals surface area (Å²) < 4.78 is 34.3. The summed E-state index contributed by atoms with van der Waals surface area (Å²) in [4.78, 5) is 17.8. The molecule has 1 saturated heterocycles. The Hall–Kier alpha value is -2.61. The molecule has 3 rings (SSSR count). The Balaban J connectivity index is 1.46. The monoisotopic (exact) mass is 446 g/mol. The number of likely N-dealkylation sites (tertiary alicyclic amines) is 1. The van der Waals surface area contributed by atoms with Crippen molar-refractivity contribution in [1.29, 1.82) is 0 Å². The number of nitrogens with zero attached hydrogens (tertiary/aromatic N) is 2. The third-order valence-corrected chi connectivity index (χ3v) is 6.20. The van der Waals surface area contributed by atoms with Crippen LogP contribution in [-0.2, 0) is 14.6 Å². The standard InChI is InChI=1S/C23H30N2O5S/c1-17(2)15-30-23(26)25-12-10-18(11-13-25)16-29-21-7-4-19(5-8-21)20-6-9-22(24-14-20)31(3,27)28/h4-9,14,17-18H,10-13,15-16H2,1-3H3. The molecule has 2 aromatic rings. The van der Waals surface area contributed by atoms with Gasteiger partial charge < -0.3 is 14.4 Å². The zero-order chi connectivity index (χ0) is 22.4. The van der Waals surface area contributed by atoms with Crippen LogP contribution in [-0.4, -0.2) is 57.0 Å². The Morgan fingerprint density at radius 3 is 2.29 bits per heavy atom. The number of hydrogen-bond acceptors (Lipinski definition) is 6. The quantitative estimate of drug-likeness (QED) is 0.638. The van der Waals surface area contributed by atoms with Crippen molar-refractivity contribution in [1.82, 2.24) is 9.88 Å². The van der Waals surface area contributed by atoms with Crippen molar-refractivity contribution in [2.45, 2.75) is 31.7 Å². The predicted molar refractivity (Wildman–Crippen MR) is 119 cm³/mol. The zero-order valence-electron chi connectivity index (χ0n) is 18.3. The van der Waals surface area contributed by atoms with Crippen molar-refractivity contribution in [2.75, 3.05) is 32.6 Å². The molecule has 31 heavy (non-hydrogen) atoms. The van der Waals surface area contributed by atoms with Crippen LogP contribution in [0.4, 0.5) is 4.79 Å². The zero-order valence-corrected chi connectivity index (χ0v) is 19.1. The molecule has 8 heteroatoms. The fourth-order valence-corrected chi connectivity index (χ4v) is 3.90. The first-order chi connectivity index (χ1) is 14.7. The van der Waals surface area contributed by atoms with Gasteiger partial charge in [-0.3, -0.25) is 0 Å². The first-order valence-electron chi connectivity index (χ1n) is 10.5. The maximum Gasteiger partial charge on any atom is 0.409 e. The summed E-state index contributed by atoms with van der Waals surface area (Å²) in [5.41, 5.74) is 1.78. The van der Waals surface area contributed by atoms with Crippen LogP contribution in [0, 0.1) is 11.8 Å². The van der Waals surface area contributed by atoms with E-state index >= 15 is 0 Å². The molecule has 0 saturated carbocycles. The van der Waals surface area contributed by atoms with Gasteiger partial charge in [-0.05, 0) is 54.5 Å². The molecule has 0 unspecified atom stereocenters. The third kappa shape index (κ3) is 6.69. The fraction of sp³-hybridized carbons (Fsp3) is 0.478. The maximum atomic E-state index is 12.0. The van der Waals surface area contributed by atoms with Crippen LogP contribution in [0.3, 0.4) is 0 Å². The van der Waals surface area contributed by atoms with Crippen LogP contribution in [0.15, 0.2) is 47.6 Å². The molecule has 1 aromatic heterocycles. The van der Waals surface area contributed by atoms with Crippen LogP contribution in [0.2, 0.25) is 0 Å². The van der Waals surface area contributed by atoms with Gasteiger partial charge in [-0.2, -0.15) is 0 Å². The lowest BCUT2D eigenvalue weighted by atomic mass is 9.98. The molecule has 0 N–H and O–H groups in total. The van der Waals surface area contributed by atoms with Gasteiger partial charge in [0, 0.05) is 31.1 Å². The van der Waals surface area contributed by atoms with Gasteiger partial charge in [0.2, 0.25) is 0 Å². The van der Waals surface area contributed by atoms with Gasteiger partial charge in [0.15, 0.2) is 14.9 Å². The van der Waals surface area contributed by atoms with Crippen LogP contribution in [0.5, 0.6) is 5.75 Å². The second-order valence-electron chi connectivity index (χ2n) is 8.39. The number of rotatable bonds is 7. The summed E-state index contributed by atoms with van der Waals surface area (Å²) in [5.74, 6) is 1.52. The van der Waals surface area contributed by atoms with Crippen LogP contribution in [0.25, 0.3) is 11.1 Å². The SMILES string of the molecule is CC(C)COC(=O)N1CCC(COc2ccc(-c3ccc(S(C)(=O)=O)nc3)cc2)CC1. The molecule has 1 aliphatic heterocycles. The van der Waals surface area contributed by atoms with Gasteiger partial charge >= 0.3 is 6.09 Å². The van der Waals surface area contributed by atoms with E-state index in [4.69, 9.17) is 9.47 Å². The highest BCUT2D eigenvalue weighted by atomic mass is 32.2. The van der Waals surface area contributed by atoms with Crippen LogP contribution < -0.4 is 4.74 Å². The molecule has 1 amide bonds. The molecule has 0 atom stereocenters. The van der Waals surface area contributed by atoms with E-state index in [9.17, 15) is 13.2 Å². The number of amides is 1. The second-order valence-corrected chi connectivity index (χ2v) is 10.4. The highest BCUT2D eigenvalue weighted by Gasteiger charge is 2.24. The Bertz CT molecular complexity index is 964. The first kappa shape index (κ1) is 23.1. The topological polar surface area (TPSA) is 85.8 Å². The average molecular weight is 447 g/mol. The van der Waals surface area contributed by atoms with Gasteiger partial charge in [0.1, 0.15) is 5.75 Å². The molecular formula is C23H30N2O5S. The van der Waals surface area contributed by atoms with E-state index in [1.165, 1.54) is 6.07 Å². The van der Waals surface area contributed by atoms with Gasteiger partial charge in [0.25, 0.3) is 0 Å². The minimum absolute atomic E-state index is 0.0652. The van der Waals surface area contributed by atoms with Crippen molar-refractivity contribution in [3.05, 3.63) is 42.6 Å². The summed E-state index contributed by atoms with van der Waals surface area (Å²) in [7, 11) is -3.30. The summed E-state index contributed by atoms with van der Waals surface area (Å²) in [5, 5.41) is 0.0652. The molecule has 7 nitrogen and oxygen atoms in total. The van der Waals surface area contributed by atoms with Crippen molar-refractivity contribution in [3.63, 3.8) is 0 Å². The highest BCUT2D eigenvalue weighted by Crippen LogP contribution is 2.24. The van der Waals surface area contributed by atoms with E-state index in [-0.39, 0.29) is 11.1 Å². The second kappa shape index (κ2) is 10.1. The van der Waals surface area contributed by atoms with E-state index in [1.807, 2.05) is 38.1 Å². The lowest BCUT2D eigenvalue weighted by Crippen LogP contribution is -2.40. The van der Waals surface area contributed by atoms with Crippen molar-refractivity contribution < 1.29 is 22.7 Å². The van der Waals surface area contributed by atoms with Gasteiger partial charge in [-0.1, -0.05) is 26.0 Å². The number of piperidine rings is 1. The number of benzene rings is 1. The Morgan fingerprint density at radius 2 is 1.74 bits per heavy atom. The smallest absolute Gasteiger partial charge is 0.409 e. The fourth-order valence-electron chi connectivity index (χ4n) is 3.34. The molecule has 0 radical (unpaired) electrons. The van der Waals surface area contributed by atoms with Crippen LogP contribution >= 0.6 is 0 Å². The average Bonchev–Trinajstić information content (AvgIpc) is 2.76. The minimum Gasteiger partial charge on any atom is -0.493 e. The van der Waals surface area contributed by atoms with E-state index in [0.717, 1.165) is 36.0 Å². The Morgan fingerprint density at radius 1 is 1.10 bits per heavy atom. The van der Waals surface area contributed by atoms with Crippen molar-refractivity contribution in [3.8, 4) is 16.9 Å². The number of carbonyl (C=O) groups excluding carboxylic acids is 1. The largest absolute Gasteiger partial charge is 0.493 e. The number of sulfone groups is 1. The van der Waals surface area contributed by atoms with Crippen LogP contribution in [0.1, 0.15) is 26.7 Å². The highest BCUT2D eigenvalue weighted by molar-refractivity contribution is 7.90. The van der Waals surface area contributed by atoms with E-state index in [1.54, 1.807) is 17.2 Å². The molecule has 168 valence electrons. The summed E-state index contributed by atoms with van der Waals surface area (Å²) in [6.07, 6.45) is 4.28. The molecular weight excluding hydrogens is 416 g/mol. The Labute approximate surface area is 184 Å². The minimum atomic E-state index is -3.30. The lowest BCUT2D eigenvalue weighted by molar-refractivity contribution is 0.0733. The Kier molecular flexibility index (Phi) is 7.54. The molecule has 0 aliphatic carbocycles. The van der Waals surface area contributed by atoms with Crippen molar-refractivity contribution in [2.24, 2.45) is 11.8 Å². The van der Waals surface area contributed by atoms with Crippen molar-refractivity contribution >= 4 is 15.9 Å². The molecule has 1 fully saturated rings. The number of ether oxygens (including phenoxy) is 2. The summed E-state index contributed by atoms with van der Waals surface area (Å²) in [6.45, 7) is 6.50. The molecule has 2 heterocycles. The third-order valence-electron chi connectivity index (χ3n) is 5.20. The van der Waals surface area contributed by atoms with E-state index in [2.05, 4.69) is 4.98 Å². The van der Waals surface area contributed by atoms with E-state index < -0.39 is 9.84 Å². The lowest BCUT2D eigenvalue weighted by Gasteiger charge is -2.31. The summed E-state index contributed by atoms with van der Waals surface area (Å²) in [6, 6.07) is 10.9. The molecule has 1 aliphatic rings. The number of pyridine rings is 1. The molecule has 1 aromatic carbocycles. The van der Waals surface area contributed by atoms with E-state index in [0.29, 0.717) is 38.1 Å². The first-order valence-corrected chi connectivity index (χ1v) is 12.4. The molecule has 0 spiro atoms. The van der Waals surface area contributed by atoms with Gasteiger partial charge in [-0.15, -0.1) is 0 Å². The number of hydrogen-bond donors (Lipinski definition) is 0. The molecule has 0 bridgehead atoms. The maximum absolute atomic E-state index is 12.0. The van der Waals surface area contributed by atoms with Gasteiger partial charge in [0.05, 0.1) is 13.2 Å². The predicted octanol–water partition coefficient (Wildman–Crippen LogP) is 4.04. The number of carbonyl (C=O) groups is 1.